The summed E-state index contributed by atoms with van der Waals surface area (Å²) in [5.41, 5.74) is 1.96. The van der Waals surface area contributed by atoms with Gasteiger partial charge in [-0.05, 0) is 17.7 Å². The fourth-order valence-corrected chi connectivity index (χ4v) is 3.33. The summed E-state index contributed by atoms with van der Waals surface area (Å²) in [5, 5.41) is 9.60. The Kier molecular flexibility index (Phi) is 5.56. The van der Waals surface area contributed by atoms with Crippen molar-refractivity contribution in [3.63, 3.8) is 0 Å². The molecule has 1 aliphatic heterocycles. The van der Waals surface area contributed by atoms with Gasteiger partial charge in [-0.3, -0.25) is 9.69 Å². The molecule has 1 aliphatic rings. The minimum atomic E-state index is -0.765. The van der Waals surface area contributed by atoms with E-state index in [4.69, 9.17) is 4.74 Å². The van der Waals surface area contributed by atoms with E-state index in [1.165, 1.54) is 0 Å². The third-order valence-corrected chi connectivity index (χ3v) is 4.74. The summed E-state index contributed by atoms with van der Waals surface area (Å²) in [4.78, 5) is 16.2. The number of hydrogen-bond donors (Lipinski definition) is 1. The molecule has 0 spiro atoms. The Morgan fingerprint density at radius 3 is 2.32 bits per heavy atom. The molecule has 0 saturated carbocycles. The number of ether oxygens (including phenoxy) is 1. The van der Waals surface area contributed by atoms with Crippen molar-refractivity contribution < 1.29 is 14.6 Å². The number of para-hydroxylation sites is 2. The van der Waals surface area contributed by atoms with E-state index in [9.17, 15) is 9.90 Å². The van der Waals surface area contributed by atoms with Crippen LogP contribution in [-0.2, 0) is 4.79 Å². The molecule has 2 aromatic carbocycles. The highest BCUT2D eigenvalue weighted by Gasteiger charge is 2.26. The maximum Gasteiger partial charge on any atom is 0.312 e. The van der Waals surface area contributed by atoms with E-state index >= 15 is 0 Å². The van der Waals surface area contributed by atoms with E-state index in [1.54, 1.807) is 7.11 Å². The van der Waals surface area contributed by atoms with Gasteiger partial charge in [-0.1, -0.05) is 42.5 Å². The molecule has 1 unspecified atom stereocenters. The highest BCUT2D eigenvalue weighted by atomic mass is 16.5. The van der Waals surface area contributed by atoms with E-state index in [-0.39, 0.29) is 0 Å². The summed E-state index contributed by atoms with van der Waals surface area (Å²) in [5.74, 6) is -0.374. The fourth-order valence-electron chi connectivity index (χ4n) is 3.33. The van der Waals surface area contributed by atoms with E-state index in [0.717, 1.165) is 43.2 Å². The number of anilines is 1. The van der Waals surface area contributed by atoms with Gasteiger partial charge in [0.25, 0.3) is 0 Å². The number of rotatable bonds is 6. The van der Waals surface area contributed by atoms with Crippen molar-refractivity contribution in [2.75, 3.05) is 44.7 Å². The number of nitrogens with zero attached hydrogens (tertiary/aromatic N) is 2. The van der Waals surface area contributed by atoms with Gasteiger partial charge >= 0.3 is 5.97 Å². The first kappa shape index (κ1) is 17.3. The SMILES string of the molecule is COc1ccccc1N1CCN(CC(C(=O)O)c2ccccc2)CC1. The normalized spacial score (nSPS) is 16.4. The molecule has 1 N–H and O–H groups in total. The number of carboxylic acids is 1. The Bertz CT molecular complexity index is 697. The molecule has 25 heavy (non-hydrogen) atoms. The van der Waals surface area contributed by atoms with Crippen molar-refractivity contribution in [1.29, 1.82) is 0 Å². The average Bonchev–Trinajstić information content (AvgIpc) is 2.67. The zero-order valence-corrected chi connectivity index (χ0v) is 14.5. The van der Waals surface area contributed by atoms with Crippen LogP contribution < -0.4 is 9.64 Å². The Labute approximate surface area is 148 Å². The summed E-state index contributed by atoms with van der Waals surface area (Å²) < 4.78 is 5.45. The van der Waals surface area contributed by atoms with Crippen LogP contribution >= 0.6 is 0 Å². The first-order valence-electron chi connectivity index (χ1n) is 8.57. The molecule has 3 rings (SSSR count). The Morgan fingerprint density at radius 1 is 1.04 bits per heavy atom. The van der Waals surface area contributed by atoms with Gasteiger partial charge in [0.1, 0.15) is 5.75 Å². The molecule has 5 heteroatoms. The number of benzene rings is 2. The van der Waals surface area contributed by atoms with Crippen LogP contribution in [0, 0.1) is 0 Å². The highest BCUT2D eigenvalue weighted by molar-refractivity contribution is 5.76. The molecule has 1 heterocycles. The topological polar surface area (TPSA) is 53.0 Å². The van der Waals surface area contributed by atoms with Crippen molar-refractivity contribution in [1.82, 2.24) is 4.90 Å². The number of methoxy groups -OCH3 is 1. The molecule has 1 saturated heterocycles. The third-order valence-electron chi connectivity index (χ3n) is 4.74. The second-order valence-corrected chi connectivity index (χ2v) is 6.26. The second kappa shape index (κ2) is 8.03. The number of aliphatic carboxylic acids is 1. The largest absolute Gasteiger partial charge is 0.495 e. The highest BCUT2D eigenvalue weighted by Crippen LogP contribution is 2.28. The standard InChI is InChI=1S/C20H24N2O3/c1-25-19-10-6-5-9-18(19)22-13-11-21(12-14-22)15-17(20(23)24)16-7-3-2-4-8-16/h2-10,17H,11-15H2,1H3,(H,23,24). The van der Waals surface area contributed by atoms with Crippen molar-refractivity contribution in [3.8, 4) is 5.75 Å². The molecule has 0 amide bonds. The third kappa shape index (κ3) is 4.12. The number of hydrogen-bond acceptors (Lipinski definition) is 4. The molecular weight excluding hydrogens is 316 g/mol. The van der Waals surface area contributed by atoms with Crippen molar-refractivity contribution >= 4 is 11.7 Å². The van der Waals surface area contributed by atoms with Crippen LogP contribution in [-0.4, -0.2) is 55.8 Å². The van der Waals surface area contributed by atoms with Crippen LogP contribution in [0.4, 0.5) is 5.69 Å². The lowest BCUT2D eigenvalue weighted by Crippen LogP contribution is -2.48. The minimum absolute atomic E-state index is 0.487. The summed E-state index contributed by atoms with van der Waals surface area (Å²) in [7, 11) is 1.69. The van der Waals surface area contributed by atoms with E-state index in [2.05, 4.69) is 15.9 Å². The molecule has 0 bridgehead atoms. The first-order chi connectivity index (χ1) is 12.2. The van der Waals surface area contributed by atoms with Crippen LogP contribution in [0.3, 0.4) is 0 Å². The Balaban J connectivity index is 1.63. The summed E-state index contributed by atoms with van der Waals surface area (Å²) >= 11 is 0. The maximum atomic E-state index is 11.7. The van der Waals surface area contributed by atoms with E-state index < -0.39 is 11.9 Å². The summed E-state index contributed by atoms with van der Waals surface area (Å²) in [6.07, 6.45) is 0. The van der Waals surface area contributed by atoms with Crippen molar-refractivity contribution in [2.45, 2.75) is 5.92 Å². The van der Waals surface area contributed by atoms with Crippen LogP contribution in [0.25, 0.3) is 0 Å². The Hall–Kier alpha value is -2.53. The second-order valence-electron chi connectivity index (χ2n) is 6.26. The lowest BCUT2D eigenvalue weighted by atomic mass is 9.98. The van der Waals surface area contributed by atoms with Crippen molar-refractivity contribution in [3.05, 3.63) is 60.2 Å². The molecule has 0 aliphatic carbocycles. The molecule has 132 valence electrons. The van der Waals surface area contributed by atoms with Crippen LogP contribution in [0.1, 0.15) is 11.5 Å². The van der Waals surface area contributed by atoms with E-state index in [0.29, 0.717) is 6.54 Å². The predicted molar refractivity (Wildman–Crippen MR) is 98.5 cm³/mol. The predicted octanol–water partition coefficient (Wildman–Crippen LogP) is 2.69. The molecule has 2 aromatic rings. The minimum Gasteiger partial charge on any atom is -0.495 e. The van der Waals surface area contributed by atoms with Crippen LogP contribution in [0.2, 0.25) is 0 Å². The zero-order chi connectivity index (χ0) is 17.6. The van der Waals surface area contributed by atoms with Gasteiger partial charge in [0.15, 0.2) is 0 Å². The molecule has 1 fully saturated rings. The quantitative estimate of drug-likeness (QED) is 0.876. The molecule has 0 aromatic heterocycles. The average molecular weight is 340 g/mol. The smallest absolute Gasteiger partial charge is 0.312 e. The van der Waals surface area contributed by atoms with Crippen molar-refractivity contribution in [2.24, 2.45) is 0 Å². The summed E-state index contributed by atoms with van der Waals surface area (Å²) in [6.45, 7) is 3.95. The Morgan fingerprint density at radius 2 is 1.68 bits per heavy atom. The molecular formula is C20H24N2O3. The molecule has 0 radical (unpaired) electrons. The van der Waals surface area contributed by atoms with Crippen LogP contribution in [0.5, 0.6) is 5.75 Å². The lowest BCUT2D eigenvalue weighted by Gasteiger charge is -2.37. The summed E-state index contributed by atoms with van der Waals surface area (Å²) in [6, 6.07) is 17.5. The molecule has 1 atom stereocenters. The number of piperazine rings is 1. The van der Waals surface area contributed by atoms with Gasteiger partial charge in [0, 0.05) is 32.7 Å². The van der Waals surface area contributed by atoms with Gasteiger partial charge in [0.05, 0.1) is 18.7 Å². The van der Waals surface area contributed by atoms with E-state index in [1.807, 2.05) is 48.5 Å². The first-order valence-corrected chi connectivity index (χ1v) is 8.57. The van der Waals surface area contributed by atoms with Gasteiger partial charge in [-0.25, -0.2) is 0 Å². The van der Waals surface area contributed by atoms with Gasteiger partial charge < -0.3 is 14.7 Å². The number of carboxylic acid groups (broad SMARTS) is 1. The fraction of sp³-hybridized carbons (Fsp3) is 0.350. The van der Waals surface area contributed by atoms with Gasteiger partial charge in [0.2, 0.25) is 0 Å². The monoisotopic (exact) mass is 340 g/mol. The maximum absolute atomic E-state index is 11.7. The zero-order valence-electron chi connectivity index (χ0n) is 14.5. The van der Waals surface area contributed by atoms with Crippen LogP contribution in [0.15, 0.2) is 54.6 Å². The van der Waals surface area contributed by atoms with Gasteiger partial charge in [-0.2, -0.15) is 0 Å². The van der Waals surface area contributed by atoms with Gasteiger partial charge in [-0.15, -0.1) is 0 Å². The molecule has 5 nitrogen and oxygen atoms in total. The lowest BCUT2D eigenvalue weighted by molar-refractivity contribution is -0.139. The number of carbonyl (C=O) groups is 1.